The average Bonchev–Trinajstić information content (AvgIpc) is 2.32. The minimum absolute atomic E-state index is 0.163. The first-order chi connectivity index (χ1) is 8.58. The molecule has 1 saturated heterocycles. The summed E-state index contributed by atoms with van der Waals surface area (Å²) in [6, 6.07) is 9.11. The fourth-order valence-electron chi connectivity index (χ4n) is 2.99. The van der Waals surface area contributed by atoms with E-state index in [2.05, 4.69) is 58.9 Å². The molecule has 1 aromatic carbocycles. The lowest BCUT2D eigenvalue weighted by atomic mass is 9.93. The first kappa shape index (κ1) is 14.0. The highest BCUT2D eigenvalue weighted by atomic mass is 79.9. The van der Waals surface area contributed by atoms with Crippen molar-refractivity contribution in [1.29, 1.82) is 0 Å². The van der Waals surface area contributed by atoms with E-state index in [1.807, 2.05) is 0 Å². The first-order valence-electron chi connectivity index (χ1n) is 6.83. The molecule has 1 fully saturated rings. The van der Waals surface area contributed by atoms with Crippen molar-refractivity contribution in [2.24, 2.45) is 11.7 Å². The molecule has 1 aromatic rings. The SMILES string of the molecule is CC1CCCN(C(c2ccc(Br)cc2)C(C)N)C1. The molecule has 0 spiro atoms. The zero-order chi connectivity index (χ0) is 13.1. The molecular formula is C15H23BrN2. The summed E-state index contributed by atoms with van der Waals surface area (Å²) in [6.07, 6.45) is 2.64. The Labute approximate surface area is 119 Å². The maximum atomic E-state index is 6.23. The van der Waals surface area contributed by atoms with Crippen molar-refractivity contribution < 1.29 is 0 Å². The lowest BCUT2D eigenvalue weighted by molar-refractivity contribution is 0.116. The van der Waals surface area contributed by atoms with Crippen molar-refractivity contribution in [1.82, 2.24) is 4.90 Å². The minimum Gasteiger partial charge on any atom is -0.326 e. The van der Waals surface area contributed by atoms with Crippen LogP contribution in [0.4, 0.5) is 0 Å². The van der Waals surface area contributed by atoms with Gasteiger partial charge in [0.1, 0.15) is 0 Å². The summed E-state index contributed by atoms with van der Waals surface area (Å²) < 4.78 is 1.13. The molecule has 0 aromatic heterocycles. The first-order valence-corrected chi connectivity index (χ1v) is 7.62. The Morgan fingerprint density at radius 2 is 2.00 bits per heavy atom. The Kier molecular flexibility index (Phi) is 4.82. The van der Waals surface area contributed by atoms with Gasteiger partial charge in [0.2, 0.25) is 0 Å². The predicted molar refractivity (Wildman–Crippen MR) is 80.5 cm³/mol. The number of hydrogen-bond donors (Lipinski definition) is 1. The molecule has 3 atom stereocenters. The average molecular weight is 311 g/mol. The van der Waals surface area contributed by atoms with E-state index in [4.69, 9.17) is 5.73 Å². The molecule has 1 aliphatic heterocycles. The maximum absolute atomic E-state index is 6.23. The number of benzene rings is 1. The molecule has 0 bridgehead atoms. The second kappa shape index (κ2) is 6.18. The van der Waals surface area contributed by atoms with E-state index in [1.165, 1.54) is 31.5 Å². The second-order valence-electron chi connectivity index (χ2n) is 5.60. The van der Waals surface area contributed by atoms with E-state index in [1.54, 1.807) is 0 Å². The van der Waals surface area contributed by atoms with Gasteiger partial charge >= 0.3 is 0 Å². The number of rotatable bonds is 3. The van der Waals surface area contributed by atoms with Crippen molar-refractivity contribution in [2.45, 2.75) is 38.8 Å². The van der Waals surface area contributed by atoms with Crippen LogP contribution in [0.15, 0.2) is 28.7 Å². The van der Waals surface area contributed by atoms with Crippen LogP contribution in [-0.2, 0) is 0 Å². The number of likely N-dealkylation sites (tertiary alicyclic amines) is 1. The lowest BCUT2D eigenvalue weighted by Gasteiger charge is -2.39. The van der Waals surface area contributed by atoms with Gasteiger partial charge < -0.3 is 5.73 Å². The van der Waals surface area contributed by atoms with Crippen molar-refractivity contribution >= 4 is 15.9 Å². The van der Waals surface area contributed by atoms with Crippen LogP contribution < -0.4 is 5.73 Å². The largest absolute Gasteiger partial charge is 0.326 e. The molecule has 1 heterocycles. The monoisotopic (exact) mass is 310 g/mol. The number of nitrogens with zero attached hydrogens (tertiary/aromatic N) is 1. The zero-order valence-corrected chi connectivity index (χ0v) is 12.9. The van der Waals surface area contributed by atoms with Crippen LogP contribution in [-0.4, -0.2) is 24.0 Å². The molecule has 0 saturated carbocycles. The molecular weight excluding hydrogens is 288 g/mol. The topological polar surface area (TPSA) is 29.3 Å². The normalized spacial score (nSPS) is 24.8. The van der Waals surface area contributed by atoms with Gasteiger partial charge in [0.15, 0.2) is 0 Å². The van der Waals surface area contributed by atoms with Gasteiger partial charge in [-0.15, -0.1) is 0 Å². The molecule has 2 nitrogen and oxygen atoms in total. The summed E-state index contributed by atoms with van der Waals surface area (Å²) >= 11 is 3.49. The molecule has 100 valence electrons. The van der Waals surface area contributed by atoms with Gasteiger partial charge in [-0.25, -0.2) is 0 Å². The van der Waals surface area contributed by atoms with Gasteiger partial charge in [0.05, 0.1) is 0 Å². The molecule has 0 aliphatic carbocycles. The van der Waals surface area contributed by atoms with Crippen LogP contribution in [0.1, 0.15) is 38.3 Å². The van der Waals surface area contributed by atoms with Gasteiger partial charge in [0, 0.05) is 23.1 Å². The summed E-state index contributed by atoms with van der Waals surface area (Å²) in [5.41, 5.74) is 7.57. The van der Waals surface area contributed by atoms with E-state index < -0.39 is 0 Å². The number of halogens is 1. The van der Waals surface area contributed by atoms with Gasteiger partial charge in [-0.1, -0.05) is 35.0 Å². The van der Waals surface area contributed by atoms with E-state index in [0.29, 0.717) is 6.04 Å². The highest BCUT2D eigenvalue weighted by molar-refractivity contribution is 9.10. The van der Waals surface area contributed by atoms with E-state index in [9.17, 15) is 0 Å². The molecule has 3 unspecified atom stereocenters. The highest BCUT2D eigenvalue weighted by Crippen LogP contribution is 2.29. The molecule has 0 radical (unpaired) electrons. The van der Waals surface area contributed by atoms with Gasteiger partial charge in [-0.2, -0.15) is 0 Å². The van der Waals surface area contributed by atoms with Crippen LogP contribution >= 0.6 is 15.9 Å². The Morgan fingerprint density at radius 3 is 2.56 bits per heavy atom. The predicted octanol–water partition coefficient (Wildman–Crippen LogP) is 3.57. The summed E-state index contributed by atoms with van der Waals surface area (Å²) in [5.74, 6) is 0.787. The Morgan fingerprint density at radius 1 is 1.33 bits per heavy atom. The van der Waals surface area contributed by atoms with E-state index >= 15 is 0 Å². The second-order valence-corrected chi connectivity index (χ2v) is 6.51. The smallest absolute Gasteiger partial charge is 0.0496 e. The van der Waals surface area contributed by atoms with Crippen molar-refractivity contribution in [3.63, 3.8) is 0 Å². The standard InChI is InChI=1S/C15H23BrN2/c1-11-4-3-9-18(10-11)15(12(2)17)13-5-7-14(16)8-6-13/h5-8,11-12,15H,3-4,9-10,17H2,1-2H3. The molecule has 1 aliphatic rings. The van der Waals surface area contributed by atoms with Crippen molar-refractivity contribution in [2.75, 3.05) is 13.1 Å². The summed E-state index contributed by atoms with van der Waals surface area (Å²) in [6.45, 7) is 6.80. The van der Waals surface area contributed by atoms with E-state index in [-0.39, 0.29) is 6.04 Å². The summed E-state index contributed by atoms with van der Waals surface area (Å²) in [5, 5.41) is 0. The third-order valence-corrected chi connectivity index (χ3v) is 4.32. The molecule has 2 rings (SSSR count). The maximum Gasteiger partial charge on any atom is 0.0496 e. The third-order valence-electron chi connectivity index (χ3n) is 3.79. The Bertz CT molecular complexity index is 375. The fourth-order valence-corrected chi connectivity index (χ4v) is 3.25. The molecule has 2 N–H and O–H groups in total. The van der Waals surface area contributed by atoms with Crippen molar-refractivity contribution in [3.05, 3.63) is 34.3 Å². The fraction of sp³-hybridized carbons (Fsp3) is 0.600. The summed E-state index contributed by atoms with van der Waals surface area (Å²) in [4.78, 5) is 2.56. The van der Waals surface area contributed by atoms with Crippen LogP contribution in [0.25, 0.3) is 0 Å². The van der Waals surface area contributed by atoms with Crippen LogP contribution in [0.2, 0.25) is 0 Å². The van der Waals surface area contributed by atoms with Crippen LogP contribution in [0, 0.1) is 5.92 Å². The summed E-state index contributed by atoms with van der Waals surface area (Å²) in [7, 11) is 0. The Balaban J connectivity index is 2.19. The number of hydrogen-bond acceptors (Lipinski definition) is 2. The van der Waals surface area contributed by atoms with Crippen LogP contribution in [0.3, 0.4) is 0 Å². The minimum atomic E-state index is 0.163. The number of piperidine rings is 1. The highest BCUT2D eigenvalue weighted by Gasteiger charge is 2.27. The van der Waals surface area contributed by atoms with Crippen molar-refractivity contribution in [3.8, 4) is 0 Å². The van der Waals surface area contributed by atoms with Crippen LogP contribution in [0.5, 0.6) is 0 Å². The van der Waals surface area contributed by atoms with E-state index in [0.717, 1.165) is 10.4 Å². The van der Waals surface area contributed by atoms with Gasteiger partial charge in [-0.3, -0.25) is 4.90 Å². The lowest BCUT2D eigenvalue weighted by Crippen LogP contribution is -2.44. The van der Waals surface area contributed by atoms with Gasteiger partial charge in [-0.05, 0) is 49.9 Å². The molecule has 0 amide bonds. The third kappa shape index (κ3) is 3.34. The number of nitrogens with two attached hydrogens (primary N) is 1. The molecule has 18 heavy (non-hydrogen) atoms. The quantitative estimate of drug-likeness (QED) is 0.924. The molecule has 3 heteroatoms. The van der Waals surface area contributed by atoms with Gasteiger partial charge in [0.25, 0.3) is 0 Å². The zero-order valence-electron chi connectivity index (χ0n) is 11.3. The Hall–Kier alpha value is -0.380.